The molecule has 23 heavy (non-hydrogen) atoms. The molecule has 0 unspecified atom stereocenters. The van der Waals surface area contributed by atoms with Crippen LogP contribution in [0, 0.1) is 21.7 Å². The molecule has 0 aliphatic rings. The van der Waals surface area contributed by atoms with Gasteiger partial charge in [0.05, 0.1) is 21.0 Å². The van der Waals surface area contributed by atoms with E-state index in [0.29, 0.717) is 0 Å². The molecule has 0 atom stereocenters. The van der Waals surface area contributed by atoms with E-state index in [-0.39, 0.29) is 22.4 Å². The second kappa shape index (κ2) is 6.11. The highest BCUT2D eigenvalue weighted by molar-refractivity contribution is 9.10. The van der Waals surface area contributed by atoms with Crippen molar-refractivity contribution >= 4 is 21.6 Å². The molecule has 0 aliphatic carbocycles. The number of nitro benzene ring substituents is 1. The molecule has 0 aromatic heterocycles. The second-order valence-electron chi connectivity index (χ2n) is 4.24. The van der Waals surface area contributed by atoms with Crippen LogP contribution in [0.3, 0.4) is 0 Å². The minimum absolute atomic E-state index is 0.0731. The van der Waals surface area contributed by atoms with Crippen molar-refractivity contribution in [2.45, 2.75) is 6.18 Å². The van der Waals surface area contributed by atoms with Gasteiger partial charge in [-0.1, -0.05) is 0 Å². The van der Waals surface area contributed by atoms with Crippen LogP contribution in [0.5, 0.6) is 11.5 Å². The minimum atomic E-state index is -4.92. The van der Waals surface area contributed by atoms with Crippen molar-refractivity contribution in [2.24, 2.45) is 0 Å². The first kappa shape index (κ1) is 17.1. The number of benzene rings is 2. The van der Waals surface area contributed by atoms with Gasteiger partial charge < -0.3 is 4.74 Å². The van der Waals surface area contributed by atoms with Crippen molar-refractivity contribution in [3.05, 3.63) is 62.1 Å². The number of alkyl halides is 3. The zero-order valence-corrected chi connectivity index (χ0v) is 12.4. The van der Waals surface area contributed by atoms with E-state index < -0.39 is 39.7 Å². The molecule has 0 amide bonds. The highest BCUT2D eigenvalue weighted by Crippen LogP contribution is 2.38. The summed E-state index contributed by atoms with van der Waals surface area (Å²) in [6.07, 6.45) is -4.92. The van der Waals surface area contributed by atoms with Crippen molar-refractivity contribution in [3.8, 4) is 11.5 Å². The third-order valence-corrected chi connectivity index (χ3v) is 3.32. The Bertz CT molecular complexity index is 756. The Morgan fingerprint density at radius 1 is 1.09 bits per heavy atom. The molecular formula is C13H5BrF5NO3. The molecule has 4 nitrogen and oxygen atoms in total. The first-order valence-corrected chi connectivity index (χ1v) is 6.57. The molecular weight excluding hydrogens is 393 g/mol. The van der Waals surface area contributed by atoms with Crippen molar-refractivity contribution in [3.63, 3.8) is 0 Å². The monoisotopic (exact) mass is 397 g/mol. The lowest BCUT2D eigenvalue weighted by Gasteiger charge is -2.12. The SMILES string of the molecule is O=[N+]([O-])c1ccc(Br)c(Oc2c(F)cc(C(F)(F)F)cc2F)c1. The van der Waals surface area contributed by atoms with E-state index in [1.165, 1.54) is 6.07 Å². The van der Waals surface area contributed by atoms with Gasteiger partial charge >= 0.3 is 6.18 Å². The van der Waals surface area contributed by atoms with Crippen molar-refractivity contribution < 1.29 is 31.6 Å². The topological polar surface area (TPSA) is 52.4 Å². The number of nitro groups is 1. The van der Waals surface area contributed by atoms with E-state index >= 15 is 0 Å². The number of nitrogens with zero attached hydrogens (tertiary/aromatic N) is 1. The van der Waals surface area contributed by atoms with Gasteiger partial charge in [-0.25, -0.2) is 8.78 Å². The van der Waals surface area contributed by atoms with E-state index in [1.54, 1.807) is 0 Å². The molecule has 0 heterocycles. The summed E-state index contributed by atoms with van der Waals surface area (Å²) in [5.41, 5.74) is -1.94. The fraction of sp³-hybridized carbons (Fsp3) is 0.0769. The molecule has 0 radical (unpaired) electrons. The lowest BCUT2D eigenvalue weighted by molar-refractivity contribution is -0.384. The normalized spacial score (nSPS) is 11.4. The highest BCUT2D eigenvalue weighted by atomic mass is 79.9. The first-order chi connectivity index (χ1) is 10.6. The number of hydrogen-bond acceptors (Lipinski definition) is 3. The fourth-order valence-electron chi connectivity index (χ4n) is 1.61. The Labute approximate surface area is 133 Å². The minimum Gasteiger partial charge on any atom is -0.450 e. The maximum absolute atomic E-state index is 13.7. The largest absolute Gasteiger partial charge is 0.450 e. The Morgan fingerprint density at radius 3 is 2.13 bits per heavy atom. The molecule has 0 aliphatic heterocycles. The van der Waals surface area contributed by atoms with Crippen molar-refractivity contribution in [1.82, 2.24) is 0 Å². The number of non-ortho nitro benzene ring substituents is 1. The van der Waals surface area contributed by atoms with Gasteiger partial charge in [-0.2, -0.15) is 13.2 Å². The van der Waals surface area contributed by atoms with Crippen LogP contribution >= 0.6 is 15.9 Å². The molecule has 0 saturated carbocycles. The summed E-state index contributed by atoms with van der Waals surface area (Å²) in [5, 5.41) is 10.7. The zero-order valence-electron chi connectivity index (χ0n) is 10.8. The predicted molar refractivity (Wildman–Crippen MR) is 72.2 cm³/mol. The quantitative estimate of drug-likeness (QED) is 0.393. The molecule has 0 fully saturated rings. The molecule has 0 N–H and O–H groups in total. The maximum Gasteiger partial charge on any atom is 0.416 e. The summed E-state index contributed by atoms with van der Waals surface area (Å²) >= 11 is 2.96. The smallest absolute Gasteiger partial charge is 0.416 e. The summed E-state index contributed by atoms with van der Waals surface area (Å²) in [6, 6.07) is 3.33. The van der Waals surface area contributed by atoms with Crippen LogP contribution in [0.15, 0.2) is 34.8 Å². The molecule has 2 rings (SSSR count). The van der Waals surface area contributed by atoms with Gasteiger partial charge in [0.1, 0.15) is 5.75 Å². The summed E-state index contributed by atoms with van der Waals surface area (Å²) in [6.45, 7) is 0. The summed E-state index contributed by atoms with van der Waals surface area (Å²) in [4.78, 5) is 9.90. The Morgan fingerprint density at radius 2 is 1.65 bits per heavy atom. The van der Waals surface area contributed by atoms with Crippen LogP contribution in [-0.4, -0.2) is 4.92 Å². The standard InChI is InChI=1S/C13H5BrF5NO3/c14-8-2-1-7(20(21)22)5-11(8)23-12-9(15)3-6(4-10(12)16)13(17,18)19/h1-5H. The lowest BCUT2D eigenvalue weighted by Crippen LogP contribution is -2.07. The second-order valence-corrected chi connectivity index (χ2v) is 5.10. The van der Waals surface area contributed by atoms with Crippen LogP contribution < -0.4 is 4.74 Å². The third-order valence-electron chi connectivity index (χ3n) is 2.66. The summed E-state index contributed by atoms with van der Waals surface area (Å²) in [7, 11) is 0. The molecule has 10 heteroatoms. The molecule has 0 bridgehead atoms. The lowest BCUT2D eigenvalue weighted by atomic mass is 10.2. The number of rotatable bonds is 3. The van der Waals surface area contributed by atoms with E-state index in [4.69, 9.17) is 4.74 Å². The van der Waals surface area contributed by atoms with E-state index in [1.807, 2.05) is 0 Å². The summed E-state index contributed by atoms with van der Waals surface area (Å²) < 4.78 is 69.8. The fourth-order valence-corrected chi connectivity index (χ4v) is 1.94. The van der Waals surface area contributed by atoms with Crippen molar-refractivity contribution in [1.29, 1.82) is 0 Å². The Kier molecular flexibility index (Phi) is 4.55. The number of hydrogen-bond donors (Lipinski definition) is 0. The van der Waals surface area contributed by atoms with Gasteiger partial charge in [0.15, 0.2) is 17.4 Å². The van der Waals surface area contributed by atoms with E-state index in [0.717, 1.165) is 12.1 Å². The number of ether oxygens (including phenoxy) is 1. The van der Waals surface area contributed by atoms with Gasteiger partial charge in [0.2, 0.25) is 0 Å². The molecule has 2 aromatic carbocycles. The van der Waals surface area contributed by atoms with Crippen LogP contribution in [0.1, 0.15) is 5.56 Å². The van der Waals surface area contributed by atoms with Gasteiger partial charge in [0, 0.05) is 6.07 Å². The van der Waals surface area contributed by atoms with E-state index in [9.17, 15) is 32.1 Å². The predicted octanol–water partition coefficient (Wildman–Crippen LogP) is 5.45. The molecule has 0 saturated heterocycles. The first-order valence-electron chi connectivity index (χ1n) is 5.77. The third kappa shape index (κ3) is 3.76. The van der Waals surface area contributed by atoms with Gasteiger partial charge in [-0.3, -0.25) is 10.1 Å². The van der Waals surface area contributed by atoms with Crippen LogP contribution in [-0.2, 0) is 6.18 Å². The van der Waals surface area contributed by atoms with Crippen LogP contribution in [0.4, 0.5) is 27.6 Å². The van der Waals surface area contributed by atoms with Gasteiger partial charge in [0.25, 0.3) is 5.69 Å². The molecule has 122 valence electrons. The molecule has 2 aromatic rings. The average molecular weight is 398 g/mol. The van der Waals surface area contributed by atoms with Gasteiger partial charge in [-0.15, -0.1) is 0 Å². The number of halogens is 6. The zero-order chi connectivity index (χ0) is 17.4. The average Bonchev–Trinajstić information content (AvgIpc) is 2.43. The maximum atomic E-state index is 13.7. The summed E-state index contributed by atoms with van der Waals surface area (Å²) in [5.74, 6) is -4.59. The van der Waals surface area contributed by atoms with Crippen molar-refractivity contribution in [2.75, 3.05) is 0 Å². The Balaban J connectivity index is 2.45. The molecule has 0 spiro atoms. The van der Waals surface area contributed by atoms with Crippen LogP contribution in [0.2, 0.25) is 0 Å². The van der Waals surface area contributed by atoms with Gasteiger partial charge in [-0.05, 0) is 34.1 Å². The highest BCUT2D eigenvalue weighted by Gasteiger charge is 2.33. The van der Waals surface area contributed by atoms with E-state index in [2.05, 4.69) is 15.9 Å². The van der Waals surface area contributed by atoms with Crippen LogP contribution in [0.25, 0.3) is 0 Å². The Hall–Kier alpha value is -2.23.